The molecule has 1 spiro atoms. The molecule has 8 heteroatoms. The fraction of sp³-hybridized carbons (Fsp3) is 0.786. The van der Waals surface area contributed by atoms with Gasteiger partial charge in [0.05, 0.1) is 6.54 Å². The van der Waals surface area contributed by atoms with E-state index in [-0.39, 0.29) is 19.2 Å². The van der Waals surface area contributed by atoms with Crippen LogP contribution in [0.25, 0.3) is 0 Å². The van der Waals surface area contributed by atoms with Gasteiger partial charge in [0.1, 0.15) is 17.7 Å². The van der Waals surface area contributed by atoms with Gasteiger partial charge in [0.2, 0.25) is 0 Å². The van der Waals surface area contributed by atoms with Crippen LogP contribution >= 0.6 is 0 Å². The maximum absolute atomic E-state index is 12.0. The van der Waals surface area contributed by atoms with Gasteiger partial charge in [-0.15, -0.1) is 0 Å². The van der Waals surface area contributed by atoms with Crippen molar-refractivity contribution in [3.8, 4) is 0 Å². The Hall–Kier alpha value is -1.99. The van der Waals surface area contributed by atoms with E-state index in [9.17, 15) is 14.4 Å². The number of amides is 2. The first-order valence-electron chi connectivity index (χ1n) is 7.28. The fourth-order valence-electron chi connectivity index (χ4n) is 2.66. The van der Waals surface area contributed by atoms with Crippen molar-refractivity contribution in [1.29, 1.82) is 0 Å². The highest BCUT2D eigenvalue weighted by molar-refractivity contribution is 5.78. The summed E-state index contributed by atoms with van der Waals surface area (Å²) in [6, 6.07) is 0. The third-order valence-electron chi connectivity index (χ3n) is 3.69. The molecule has 0 saturated carbocycles. The highest BCUT2D eigenvalue weighted by Crippen LogP contribution is 2.33. The molecule has 0 radical (unpaired) electrons. The van der Waals surface area contributed by atoms with E-state index in [0.29, 0.717) is 25.9 Å². The van der Waals surface area contributed by atoms with Crippen molar-refractivity contribution in [3.63, 3.8) is 0 Å². The Morgan fingerprint density at radius 2 is 1.91 bits per heavy atom. The van der Waals surface area contributed by atoms with Gasteiger partial charge < -0.3 is 19.5 Å². The molecule has 0 bridgehead atoms. The van der Waals surface area contributed by atoms with E-state index >= 15 is 0 Å². The molecule has 2 heterocycles. The van der Waals surface area contributed by atoms with Crippen LogP contribution in [0.15, 0.2) is 0 Å². The maximum Gasteiger partial charge on any atom is 0.411 e. The largest absolute Gasteiger partial charge is 0.480 e. The molecule has 124 valence electrons. The minimum Gasteiger partial charge on any atom is -0.480 e. The Labute approximate surface area is 128 Å². The number of rotatable bonds is 2. The average Bonchev–Trinajstić information content (AvgIpc) is 2.63. The van der Waals surface area contributed by atoms with Gasteiger partial charge in [0, 0.05) is 25.9 Å². The third kappa shape index (κ3) is 3.80. The molecule has 8 nitrogen and oxygen atoms in total. The van der Waals surface area contributed by atoms with Crippen LogP contribution in [0.4, 0.5) is 9.59 Å². The molecule has 2 rings (SSSR count). The molecule has 2 amide bonds. The van der Waals surface area contributed by atoms with Crippen LogP contribution in [0.3, 0.4) is 0 Å². The Bertz CT molecular complexity index is 476. The zero-order valence-electron chi connectivity index (χ0n) is 13.1. The van der Waals surface area contributed by atoms with Gasteiger partial charge >= 0.3 is 18.2 Å². The number of carbonyl (C=O) groups is 3. The zero-order valence-corrected chi connectivity index (χ0v) is 13.1. The van der Waals surface area contributed by atoms with Crippen molar-refractivity contribution < 1.29 is 29.0 Å². The first-order valence-corrected chi connectivity index (χ1v) is 7.28. The summed E-state index contributed by atoms with van der Waals surface area (Å²) in [5.41, 5.74) is -1.24. The molecule has 22 heavy (non-hydrogen) atoms. The number of hydrogen-bond donors (Lipinski definition) is 1. The lowest BCUT2D eigenvalue weighted by Crippen LogP contribution is -2.50. The number of carbonyl (C=O) groups excluding carboxylic acids is 2. The van der Waals surface area contributed by atoms with E-state index in [1.807, 2.05) is 0 Å². The third-order valence-corrected chi connectivity index (χ3v) is 3.69. The van der Waals surface area contributed by atoms with Gasteiger partial charge in [-0.1, -0.05) is 0 Å². The molecule has 0 aliphatic carbocycles. The summed E-state index contributed by atoms with van der Waals surface area (Å²) in [7, 11) is 0. The first kappa shape index (κ1) is 16.4. The molecular weight excluding hydrogens is 292 g/mol. The Morgan fingerprint density at radius 3 is 2.41 bits per heavy atom. The van der Waals surface area contributed by atoms with Crippen LogP contribution in [0.1, 0.15) is 33.6 Å². The number of nitrogens with zero attached hydrogens (tertiary/aromatic N) is 2. The number of carboxylic acid groups (broad SMARTS) is 1. The van der Waals surface area contributed by atoms with Crippen molar-refractivity contribution in [2.24, 2.45) is 0 Å². The summed E-state index contributed by atoms with van der Waals surface area (Å²) >= 11 is 0. The maximum atomic E-state index is 12.0. The van der Waals surface area contributed by atoms with Crippen molar-refractivity contribution in [1.82, 2.24) is 9.80 Å². The van der Waals surface area contributed by atoms with E-state index in [2.05, 4.69) is 0 Å². The molecule has 0 aromatic carbocycles. The molecule has 0 aromatic rings. The van der Waals surface area contributed by atoms with Crippen LogP contribution in [0.5, 0.6) is 0 Å². The van der Waals surface area contributed by atoms with Crippen molar-refractivity contribution in [2.45, 2.75) is 44.8 Å². The van der Waals surface area contributed by atoms with Crippen LogP contribution in [-0.2, 0) is 14.3 Å². The number of likely N-dealkylation sites (tertiary alicyclic amines) is 1. The first-order chi connectivity index (χ1) is 10.1. The molecule has 0 unspecified atom stereocenters. The number of aliphatic carboxylic acids is 1. The normalized spacial score (nSPS) is 21.0. The number of ether oxygens (including phenoxy) is 2. The summed E-state index contributed by atoms with van der Waals surface area (Å²) < 4.78 is 10.7. The predicted octanol–water partition coefficient (Wildman–Crippen LogP) is 1.29. The van der Waals surface area contributed by atoms with E-state index in [4.69, 9.17) is 14.6 Å². The number of piperidine rings is 1. The molecule has 2 saturated heterocycles. The summed E-state index contributed by atoms with van der Waals surface area (Å²) in [6.07, 6.45) is -0.0236. The minimum absolute atomic E-state index is 0.250. The van der Waals surface area contributed by atoms with Gasteiger partial charge in [-0.25, -0.2) is 9.59 Å². The standard InChI is InChI=1S/C14H22N2O6/c1-13(2,3)21-11(19)15-6-4-14(5-7-15)9-16(8-10(17)18)12(20)22-14/h4-9H2,1-3H3,(H,17,18). The van der Waals surface area contributed by atoms with Crippen molar-refractivity contribution >= 4 is 18.2 Å². The molecule has 1 N–H and O–H groups in total. The molecule has 2 fully saturated rings. The van der Waals surface area contributed by atoms with Gasteiger partial charge in [-0.3, -0.25) is 9.69 Å². The van der Waals surface area contributed by atoms with Gasteiger partial charge in [-0.05, 0) is 20.8 Å². The Kier molecular flexibility index (Phi) is 4.21. The van der Waals surface area contributed by atoms with Gasteiger partial charge in [-0.2, -0.15) is 0 Å². The van der Waals surface area contributed by atoms with E-state index in [0.717, 1.165) is 0 Å². The average molecular weight is 314 g/mol. The number of hydrogen-bond acceptors (Lipinski definition) is 5. The van der Waals surface area contributed by atoms with E-state index in [1.165, 1.54) is 4.90 Å². The quantitative estimate of drug-likeness (QED) is 0.825. The lowest BCUT2D eigenvalue weighted by Gasteiger charge is -2.37. The fourth-order valence-corrected chi connectivity index (χ4v) is 2.66. The molecule has 2 aliphatic rings. The summed E-state index contributed by atoms with van der Waals surface area (Å²) in [6.45, 7) is 6.14. The molecule has 0 aromatic heterocycles. The van der Waals surface area contributed by atoms with Crippen LogP contribution in [0.2, 0.25) is 0 Å². The molecule has 2 aliphatic heterocycles. The van der Waals surface area contributed by atoms with Crippen LogP contribution in [-0.4, -0.2) is 70.4 Å². The second kappa shape index (κ2) is 5.66. The van der Waals surface area contributed by atoms with Crippen molar-refractivity contribution in [2.75, 3.05) is 26.2 Å². The van der Waals surface area contributed by atoms with Crippen molar-refractivity contribution in [3.05, 3.63) is 0 Å². The Morgan fingerprint density at radius 1 is 1.32 bits per heavy atom. The minimum atomic E-state index is -1.07. The lowest BCUT2D eigenvalue weighted by molar-refractivity contribution is -0.137. The SMILES string of the molecule is CC(C)(C)OC(=O)N1CCC2(CC1)CN(CC(=O)O)C(=O)O2. The summed E-state index contributed by atoms with van der Waals surface area (Å²) in [5, 5.41) is 8.78. The van der Waals surface area contributed by atoms with Gasteiger partial charge in [0.15, 0.2) is 0 Å². The second-order valence-corrected chi connectivity index (χ2v) is 6.77. The smallest absolute Gasteiger partial charge is 0.411 e. The number of carboxylic acids is 1. The highest BCUT2D eigenvalue weighted by atomic mass is 16.6. The monoisotopic (exact) mass is 314 g/mol. The summed E-state index contributed by atoms with van der Waals surface area (Å²) in [5.74, 6) is -1.07. The van der Waals surface area contributed by atoms with Gasteiger partial charge in [0.25, 0.3) is 0 Å². The topological polar surface area (TPSA) is 96.4 Å². The second-order valence-electron chi connectivity index (χ2n) is 6.77. The predicted molar refractivity (Wildman–Crippen MR) is 75.5 cm³/mol. The molecule has 0 atom stereocenters. The lowest BCUT2D eigenvalue weighted by atomic mass is 9.91. The highest BCUT2D eigenvalue weighted by Gasteiger charge is 2.48. The zero-order chi connectivity index (χ0) is 16.5. The van der Waals surface area contributed by atoms with E-state index in [1.54, 1.807) is 25.7 Å². The van der Waals surface area contributed by atoms with E-state index < -0.39 is 23.3 Å². The van der Waals surface area contributed by atoms with Crippen LogP contribution in [0, 0.1) is 0 Å². The Balaban J connectivity index is 1.91. The van der Waals surface area contributed by atoms with Crippen LogP contribution < -0.4 is 0 Å². The summed E-state index contributed by atoms with van der Waals surface area (Å²) in [4.78, 5) is 37.2. The molecular formula is C14H22N2O6.